The summed E-state index contributed by atoms with van der Waals surface area (Å²) in [5, 5.41) is 11.1. The molecule has 0 radical (unpaired) electrons. The predicted octanol–water partition coefficient (Wildman–Crippen LogP) is 4.13. The Hall–Kier alpha value is -2.55. The molecule has 0 heterocycles. The zero-order chi connectivity index (χ0) is 26.2. The van der Waals surface area contributed by atoms with Gasteiger partial charge in [-0.3, -0.25) is 0 Å². The van der Waals surface area contributed by atoms with Gasteiger partial charge in [0.2, 0.25) is 0 Å². The van der Waals surface area contributed by atoms with E-state index in [9.17, 15) is 28.3 Å². The summed E-state index contributed by atoms with van der Waals surface area (Å²) in [6.45, 7) is -0.144. The lowest BCUT2D eigenvalue weighted by molar-refractivity contribution is -0.337. The van der Waals surface area contributed by atoms with Crippen molar-refractivity contribution in [2.75, 3.05) is 6.79 Å². The molecule has 6 unspecified atom stereocenters. The Labute approximate surface area is 214 Å². The van der Waals surface area contributed by atoms with Crippen LogP contribution in [0.15, 0.2) is 24.3 Å². The topological polar surface area (TPSA) is 102 Å². The Morgan fingerprint density at radius 3 is 2.19 bits per heavy atom. The number of rotatable bonds is 9. The molecule has 4 saturated carbocycles. The van der Waals surface area contributed by atoms with Gasteiger partial charge in [0.05, 0.1) is 17.2 Å². The first kappa shape index (κ1) is 26.1. The molecule has 4 aliphatic rings. The van der Waals surface area contributed by atoms with Crippen molar-refractivity contribution in [3.8, 4) is 0 Å². The van der Waals surface area contributed by atoms with Crippen molar-refractivity contribution in [1.82, 2.24) is 0 Å². The van der Waals surface area contributed by atoms with Crippen molar-refractivity contribution in [3.63, 3.8) is 0 Å². The minimum atomic E-state index is -4.31. The lowest BCUT2D eigenvalue weighted by atomic mass is 9.80. The largest absolute Gasteiger partial charge is 0.544 e. The number of aliphatic carboxylic acids is 1. The van der Waals surface area contributed by atoms with Gasteiger partial charge in [-0.05, 0) is 86.5 Å². The smallest absolute Gasteiger partial charge is 0.340 e. The highest BCUT2D eigenvalue weighted by molar-refractivity contribution is 5.93. The average molecular weight is 520 g/mol. The molecule has 4 aliphatic carbocycles. The van der Waals surface area contributed by atoms with Crippen LogP contribution >= 0.6 is 0 Å². The number of esters is 2. The van der Waals surface area contributed by atoms with Crippen LogP contribution in [0.1, 0.15) is 84.9 Å². The van der Waals surface area contributed by atoms with Crippen molar-refractivity contribution in [2.24, 2.45) is 29.6 Å². The van der Waals surface area contributed by atoms with E-state index in [1.165, 1.54) is 49.9 Å². The van der Waals surface area contributed by atoms with E-state index in [0.29, 0.717) is 31.6 Å². The van der Waals surface area contributed by atoms with Gasteiger partial charge in [-0.25, -0.2) is 9.59 Å². The molecule has 6 atom stereocenters. The molecule has 4 fully saturated rings. The minimum Gasteiger partial charge on any atom is -0.544 e. The second-order valence-electron chi connectivity index (χ2n) is 11.1. The molecule has 0 N–H and O–H groups in total. The SMILES string of the molecule is O=C(OCOC1CC2CC1C1CCCC21)c1ccc(C(=O)OC(C2CCCCC2)C(F)(F)C(=O)[O-])cc1. The van der Waals surface area contributed by atoms with Gasteiger partial charge in [0, 0.05) is 5.92 Å². The summed E-state index contributed by atoms with van der Waals surface area (Å²) in [5.74, 6) is -6.46. The van der Waals surface area contributed by atoms with Crippen LogP contribution < -0.4 is 5.11 Å². The molecule has 7 nitrogen and oxygen atoms in total. The number of carbonyl (C=O) groups excluding carboxylic acids is 3. The Morgan fingerprint density at radius 1 is 0.865 bits per heavy atom. The predicted molar refractivity (Wildman–Crippen MR) is 124 cm³/mol. The summed E-state index contributed by atoms with van der Waals surface area (Å²) in [4.78, 5) is 36.1. The summed E-state index contributed by atoms with van der Waals surface area (Å²) in [6, 6.07) is 5.22. The Kier molecular flexibility index (Phi) is 7.52. The van der Waals surface area contributed by atoms with E-state index in [2.05, 4.69) is 0 Å². The zero-order valence-electron chi connectivity index (χ0n) is 20.7. The molecule has 202 valence electrons. The van der Waals surface area contributed by atoms with Gasteiger partial charge >= 0.3 is 17.9 Å². The summed E-state index contributed by atoms with van der Waals surface area (Å²) in [7, 11) is 0. The third-order valence-corrected chi connectivity index (χ3v) is 9.14. The van der Waals surface area contributed by atoms with Crippen molar-refractivity contribution >= 4 is 17.9 Å². The van der Waals surface area contributed by atoms with Crippen molar-refractivity contribution in [3.05, 3.63) is 35.4 Å². The number of ether oxygens (including phenoxy) is 3. The van der Waals surface area contributed by atoms with Crippen LogP contribution in [0.3, 0.4) is 0 Å². The molecular weight excluding hydrogens is 486 g/mol. The number of carboxylic acids is 1. The first-order valence-electron chi connectivity index (χ1n) is 13.4. The standard InChI is InChI=1S/C28H34F2O7/c29-28(30,27(33)34)24(16-5-2-1-3-6-16)37-26(32)18-11-9-17(10-12-18)25(31)36-15-35-23-14-19-13-22(23)21-8-4-7-20(19)21/h9-12,16,19-24H,1-8,13-15H2,(H,33,34)/p-1. The number of hydrogen-bond donors (Lipinski definition) is 0. The summed E-state index contributed by atoms with van der Waals surface area (Å²) < 4.78 is 45.0. The van der Waals surface area contributed by atoms with E-state index < -0.39 is 35.9 Å². The van der Waals surface area contributed by atoms with Gasteiger partial charge in [0.1, 0.15) is 5.97 Å². The van der Waals surface area contributed by atoms with E-state index in [0.717, 1.165) is 30.6 Å². The minimum absolute atomic E-state index is 0.0733. The molecule has 5 rings (SSSR count). The van der Waals surface area contributed by atoms with Crippen molar-refractivity contribution < 1.29 is 42.5 Å². The normalized spacial score (nSPS) is 30.1. The van der Waals surface area contributed by atoms with Crippen LogP contribution in [0.25, 0.3) is 0 Å². The lowest BCUT2D eigenvalue weighted by Crippen LogP contribution is -2.54. The number of alkyl halides is 2. The Morgan fingerprint density at radius 2 is 1.51 bits per heavy atom. The molecule has 0 spiro atoms. The van der Waals surface area contributed by atoms with Gasteiger partial charge in [-0.15, -0.1) is 0 Å². The van der Waals surface area contributed by atoms with Crippen LogP contribution in [-0.2, 0) is 19.0 Å². The maximum atomic E-state index is 14.4. The molecule has 9 heteroatoms. The number of benzene rings is 1. The second-order valence-corrected chi connectivity index (χ2v) is 11.1. The van der Waals surface area contributed by atoms with Gasteiger partial charge in [-0.2, -0.15) is 8.78 Å². The number of carbonyl (C=O) groups is 3. The van der Waals surface area contributed by atoms with Crippen LogP contribution in [-0.4, -0.2) is 42.8 Å². The molecule has 0 aromatic heterocycles. The van der Waals surface area contributed by atoms with Crippen LogP contribution in [0.2, 0.25) is 0 Å². The van der Waals surface area contributed by atoms with E-state index in [1.807, 2.05) is 0 Å². The molecule has 0 aliphatic heterocycles. The number of carboxylic acid groups (broad SMARTS) is 1. The quantitative estimate of drug-likeness (QED) is 0.357. The van der Waals surface area contributed by atoms with Crippen LogP contribution in [0.5, 0.6) is 0 Å². The van der Waals surface area contributed by atoms with Crippen LogP contribution in [0.4, 0.5) is 8.78 Å². The fraction of sp³-hybridized carbons (Fsp3) is 0.679. The number of hydrogen-bond acceptors (Lipinski definition) is 7. The highest BCUT2D eigenvalue weighted by atomic mass is 19.3. The zero-order valence-corrected chi connectivity index (χ0v) is 20.7. The van der Waals surface area contributed by atoms with E-state index in [1.54, 1.807) is 0 Å². The van der Waals surface area contributed by atoms with Gasteiger partial charge < -0.3 is 24.1 Å². The monoisotopic (exact) mass is 519 g/mol. The average Bonchev–Trinajstić information content (AvgIpc) is 3.62. The maximum Gasteiger partial charge on any atom is 0.340 e. The molecule has 37 heavy (non-hydrogen) atoms. The number of fused-ring (bicyclic) bond motifs is 5. The fourth-order valence-corrected chi connectivity index (χ4v) is 7.40. The van der Waals surface area contributed by atoms with E-state index in [4.69, 9.17) is 14.2 Å². The molecule has 1 aromatic carbocycles. The third kappa shape index (κ3) is 5.24. The van der Waals surface area contributed by atoms with Gasteiger partial charge in [-0.1, -0.05) is 25.7 Å². The summed E-state index contributed by atoms with van der Waals surface area (Å²) in [5.41, 5.74) is 0.101. The number of halogens is 2. The van der Waals surface area contributed by atoms with E-state index in [-0.39, 0.29) is 24.0 Å². The molecule has 1 aromatic rings. The van der Waals surface area contributed by atoms with E-state index >= 15 is 0 Å². The molecule has 0 saturated heterocycles. The van der Waals surface area contributed by atoms with Crippen molar-refractivity contribution in [1.29, 1.82) is 0 Å². The summed E-state index contributed by atoms with van der Waals surface area (Å²) in [6.07, 6.45) is 7.02. The maximum absolute atomic E-state index is 14.4. The molecule has 2 bridgehead atoms. The molecule has 0 amide bonds. The second kappa shape index (κ2) is 10.7. The first-order chi connectivity index (χ1) is 17.8. The fourth-order valence-electron chi connectivity index (χ4n) is 7.40. The first-order valence-corrected chi connectivity index (χ1v) is 13.4. The Bertz CT molecular complexity index is 1000. The van der Waals surface area contributed by atoms with Gasteiger partial charge in [0.15, 0.2) is 12.9 Å². The third-order valence-electron chi connectivity index (χ3n) is 9.14. The van der Waals surface area contributed by atoms with Crippen LogP contribution in [0, 0.1) is 29.6 Å². The molecular formula is C28H33F2O7-. The lowest BCUT2D eigenvalue weighted by Gasteiger charge is -2.35. The van der Waals surface area contributed by atoms with Crippen molar-refractivity contribution in [2.45, 2.75) is 82.3 Å². The highest BCUT2D eigenvalue weighted by Gasteiger charge is 2.54. The highest BCUT2D eigenvalue weighted by Crippen LogP contribution is 2.59. The Balaban J connectivity index is 1.14. The van der Waals surface area contributed by atoms with Gasteiger partial charge in [0.25, 0.3) is 0 Å². The summed E-state index contributed by atoms with van der Waals surface area (Å²) >= 11 is 0.